The average Bonchev–Trinajstić information content (AvgIpc) is 3.19. The fourth-order valence-electron chi connectivity index (χ4n) is 4.11. The minimum absolute atomic E-state index is 0.139. The topological polar surface area (TPSA) is 127 Å². The van der Waals surface area contributed by atoms with Gasteiger partial charge in [0.2, 0.25) is 0 Å². The van der Waals surface area contributed by atoms with Crippen LogP contribution in [0.25, 0.3) is 0 Å². The largest absolute Gasteiger partial charge is 0.461 e. The van der Waals surface area contributed by atoms with Crippen LogP contribution in [0, 0.1) is 11.3 Å². The van der Waals surface area contributed by atoms with Crippen molar-refractivity contribution < 1.29 is 23.9 Å². The number of nitriles is 1. The summed E-state index contributed by atoms with van der Waals surface area (Å²) in [5.41, 5.74) is 1.44. The van der Waals surface area contributed by atoms with Gasteiger partial charge >= 0.3 is 12.1 Å². The summed E-state index contributed by atoms with van der Waals surface area (Å²) in [6.07, 6.45) is -0.148. The van der Waals surface area contributed by atoms with Gasteiger partial charge in [0.15, 0.2) is 5.69 Å². The maximum absolute atomic E-state index is 13.4. The third kappa shape index (κ3) is 6.41. The van der Waals surface area contributed by atoms with Gasteiger partial charge in [0.05, 0.1) is 35.5 Å². The highest BCUT2D eigenvalue weighted by Crippen LogP contribution is 2.30. The molecule has 0 bridgehead atoms. The number of aromatic nitrogens is 2. The molecule has 11 heteroatoms. The first-order chi connectivity index (χ1) is 17.4. The van der Waals surface area contributed by atoms with E-state index in [1.807, 2.05) is 19.9 Å². The second-order valence-corrected chi connectivity index (χ2v) is 10.4. The Labute approximate surface area is 221 Å². The lowest BCUT2D eigenvalue weighted by Crippen LogP contribution is -2.42. The number of nitrogens with one attached hydrogen (secondary N) is 1. The normalized spacial score (nSPS) is 15.8. The summed E-state index contributed by atoms with van der Waals surface area (Å²) >= 11 is 6.03. The fraction of sp³-hybridized carbons (Fsp3) is 0.500. The van der Waals surface area contributed by atoms with E-state index >= 15 is 0 Å². The number of ether oxygens (including phenoxy) is 2. The molecule has 0 saturated carbocycles. The predicted molar refractivity (Wildman–Crippen MR) is 136 cm³/mol. The molecule has 0 saturated heterocycles. The lowest BCUT2D eigenvalue weighted by molar-refractivity contribution is 0.0498. The molecule has 1 N–H and O–H groups in total. The van der Waals surface area contributed by atoms with Crippen molar-refractivity contribution >= 4 is 29.6 Å². The van der Waals surface area contributed by atoms with Crippen LogP contribution in [0.15, 0.2) is 18.2 Å². The molecule has 2 heterocycles. The summed E-state index contributed by atoms with van der Waals surface area (Å²) in [5, 5.41) is 17.0. The first kappa shape index (κ1) is 28.0. The molecule has 1 aliphatic heterocycles. The average molecular weight is 530 g/mol. The molecule has 198 valence electrons. The zero-order chi connectivity index (χ0) is 27.5. The number of hydrogen-bond acceptors (Lipinski definition) is 7. The van der Waals surface area contributed by atoms with Crippen molar-refractivity contribution in [3.8, 4) is 6.07 Å². The van der Waals surface area contributed by atoms with Gasteiger partial charge in [-0.2, -0.15) is 10.4 Å². The van der Waals surface area contributed by atoms with E-state index in [0.717, 1.165) is 0 Å². The molecule has 2 atom stereocenters. The Morgan fingerprint density at radius 3 is 2.65 bits per heavy atom. The Hall–Kier alpha value is -3.58. The lowest BCUT2D eigenvalue weighted by atomic mass is 9.98. The number of carbonyl (C=O) groups excluding carboxylic acids is 3. The van der Waals surface area contributed by atoms with E-state index in [1.165, 1.54) is 12.1 Å². The number of benzene rings is 1. The number of carbonyl (C=O) groups is 3. The van der Waals surface area contributed by atoms with Gasteiger partial charge in [0.25, 0.3) is 5.91 Å². The molecule has 1 aromatic heterocycles. The van der Waals surface area contributed by atoms with Crippen molar-refractivity contribution in [2.75, 3.05) is 13.2 Å². The molecule has 0 fully saturated rings. The molecule has 1 aromatic carbocycles. The zero-order valence-corrected chi connectivity index (χ0v) is 22.7. The van der Waals surface area contributed by atoms with Crippen LogP contribution in [0.3, 0.4) is 0 Å². The molecular formula is C26H32ClN5O5. The number of esters is 1. The summed E-state index contributed by atoms with van der Waals surface area (Å²) in [7, 11) is 0. The highest BCUT2D eigenvalue weighted by Gasteiger charge is 2.36. The van der Waals surface area contributed by atoms with Gasteiger partial charge in [0, 0.05) is 30.1 Å². The first-order valence-electron chi connectivity index (χ1n) is 12.1. The minimum atomic E-state index is -0.640. The number of alkyl carbamates (subject to hydrolysis) is 1. The zero-order valence-electron chi connectivity index (χ0n) is 21.9. The maximum Gasteiger partial charge on any atom is 0.407 e. The number of hydrogen-bond donors (Lipinski definition) is 1. The Morgan fingerprint density at radius 1 is 1.32 bits per heavy atom. The maximum atomic E-state index is 13.4. The monoisotopic (exact) mass is 529 g/mol. The summed E-state index contributed by atoms with van der Waals surface area (Å²) in [5.74, 6) is -0.839. The van der Waals surface area contributed by atoms with E-state index in [0.29, 0.717) is 23.2 Å². The highest BCUT2D eigenvalue weighted by atomic mass is 35.5. The standard InChI is InChI=1S/C26H32ClN5O5/c1-7-36-24(34)22-19-14-31(23(33)17-8-9-20(27)18(11-17)12-28)15(2)10-21(19)30-32(22)16(3)13-29-25(35)37-26(4,5)6/h8-9,11,15-16H,7,10,13-14H2,1-6H3,(H,29,35)/t15-,16-/m1/s1. The van der Waals surface area contributed by atoms with E-state index in [-0.39, 0.29) is 47.9 Å². The van der Waals surface area contributed by atoms with E-state index in [9.17, 15) is 19.6 Å². The molecular weight excluding hydrogens is 498 g/mol. The van der Waals surface area contributed by atoms with Crippen molar-refractivity contribution in [3.05, 3.63) is 51.3 Å². The third-order valence-corrected chi connectivity index (χ3v) is 6.19. The van der Waals surface area contributed by atoms with Gasteiger partial charge < -0.3 is 19.7 Å². The van der Waals surface area contributed by atoms with Crippen LogP contribution in [-0.2, 0) is 22.4 Å². The summed E-state index contributed by atoms with van der Waals surface area (Å²) in [6, 6.07) is 5.95. The Kier molecular flexibility index (Phi) is 8.49. The number of amides is 2. The SMILES string of the molecule is CCOC(=O)c1c2c(nn1[C@H](C)CNC(=O)OC(C)(C)C)C[C@@H](C)N(C(=O)c1ccc(Cl)c(C#N)c1)C2. The van der Waals surface area contributed by atoms with Gasteiger partial charge in [0.1, 0.15) is 11.7 Å². The predicted octanol–water partition coefficient (Wildman–Crippen LogP) is 4.26. The fourth-order valence-corrected chi connectivity index (χ4v) is 4.27. The number of rotatable bonds is 6. The van der Waals surface area contributed by atoms with Gasteiger partial charge in [-0.05, 0) is 59.7 Å². The van der Waals surface area contributed by atoms with E-state index in [2.05, 4.69) is 10.4 Å². The van der Waals surface area contributed by atoms with Crippen molar-refractivity contribution in [1.82, 2.24) is 20.0 Å². The Morgan fingerprint density at radius 2 is 2.03 bits per heavy atom. The van der Waals surface area contributed by atoms with Gasteiger partial charge in [-0.25, -0.2) is 9.59 Å². The minimum Gasteiger partial charge on any atom is -0.461 e. The lowest BCUT2D eigenvalue weighted by Gasteiger charge is -2.33. The highest BCUT2D eigenvalue weighted by molar-refractivity contribution is 6.31. The van der Waals surface area contributed by atoms with E-state index < -0.39 is 23.7 Å². The van der Waals surface area contributed by atoms with Gasteiger partial charge in [-0.3, -0.25) is 9.48 Å². The molecule has 0 aliphatic carbocycles. The molecule has 2 amide bonds. The molecule has 10 nitrogen and oxygen atoms in total. The van der Waals surface area contributed by atoms with Crippen molar-refractivity contribution in [2.45, 2.75) is 72.2 Å². The second-order valence-electron chi connectivity index (χ2n) is 9.96. The Bertz CT molecular complexity index is 1240. The van der Waals surface area contributed by atoms with E-state index in [1.54, 1.807) is 43.3 Å². The van der Waals surface area contributed by atoms with Crippen LogP contribution >= 0.6 is 11.6 Å². The van der Waals surface area contributed by atoms with Crippen molar-refractivity contribution in [3.63, 3.8) is 0 Å². The Balaban J connectivity index is 1.91. The summed E-state index contributed by atoms with van der Waals surface area (Å²) < 4.78 is 12.2. The quantitative estimate of drug-likeness (QED) is 0.554. The van der Waals surface area contributed by atoms with Crippen LogP contribution in [0.4, 0.5) is 4.79 Å². The molecule has 0 spiro atoms. The van der Waals surface area contributed by atoms with Crippen LogP contribution in [0.2, 0.25) is 5.02 Å². The van der Waals surface area contributed by atoms with Crippen molar-refractivity contribution in [2.24, 2.45) is 0 Å². The van der Waals surface area contributed by atoms with Crippen LogP contribution in [0.5, 0.6) is 0 Å². The second kappa shape index (κ2) is 11.2. The molecule has 1 aliphatic rings. The summed E-state index contributed by atoms with van der Waals surface area (Å²) in [4.78, 5) is 40.2. The molecule has 0 unspecified atom stereocenters. The van der Waals surface area contributed by atoms with E-state index in [4.69, 9.17) is 21.1 Å². The van der Waals surface area contributed by atoms with Crippen LogP contribution < -0.4 is 5.32 Å². The molecule has 3 rings (SSSR count). The molecule has 37 heavy (non-hydrogen) atoms. The van der Waals surface area contributed by atoms with Gasteiger partial charge in [-0.15, -0.1) is 0 Å². The van der Waals surface area contributed by atoms with Crippen LogP contribution in [-0.4, -0.2) is 57.4 Å². The van der Waals surface area contributed by atoms with Gasteiger partial charge in [-0.1, -0.05) is 11.6 Å². The molecule has 2 aromatic rings. The van der Waals surface area contributed by atoms with Crippen LogP contribution in [0.1, 0.15) is 85.3 Å². The number of fused-ring (bicyclic) bond motifs is 1. The number of nitrogens with zero attached hydrogens (tertiary/aromatic N) is 4. The van der Waals surface area contributed by atoms with Crippen molar-refractivity contribution in [1.29, 1.82) is 5.26 Å². The number of halogens is 1. The first-order valence-corrected chi connectivity index (χ1v) is 12.5. The summed E-state index contributed by atoms with van der Waals surface area (Å²) in [6.45, 7) is 11.2. The third-order valence-electron chi connectivity index (χ3n) is 5.86. The smallest absolute Gasteiger partial charge is 0.407 e. The molecule has 0 radical (unpaired) electrons.